The van der Waals surface area contributed by atoms with E-state index >= 15 is 0 Å². The van der Waals surface area contributed by atoms with Crippen LogP contribution in [0.2, 0.25) is 0 Å². The maximum Gasteiger partial charge on any atom is 0.323 e. The average Bonchev–Trinajstić information content (AvgIpc) is 2.72. The number of hydrogen-bond acceptors (Lipinski definition) is 3. The summed E-state index contributed by atoms with van der Waals surface area (Å²) in [6, 6.07) is 3.61. The highest BCUT2D eigenvalue weighted by Crippen LogP contribution is 2.16. The molecule has 0 aliphatic rings. The first kappa shape index (κ1) is 11.8. The summed E-state index contributed by atoms with van der Waals surface area (Å²) in [7, 11) is 0. The highest BCUT2D eigenvalue weighted by atomic mass is 16.4. The number of hydrogen-bond donors (Lipinski definition) is 2. The van der Waals surface area contributed by atoms with Gasteiger partial charge in [-0.3, -0.25) is 10.1 Å². The van der Waals surface area contributed by atoms with Gasteiger partial charge in [0.15, 0.2) is 0 Å². The van der Waals surface area contributed by atoms with Gasteiger partial charge in [0.1, 0.15) is 11.3 Å². The predicted molar refractivity (Wildman–Crippen MR) is 56.5 cm³/mol. The molecule has 2 N–H and O–H groups in total. The number of nitrogens with one attached hydrogen (secondary N) is 1. The van der Waals surface area contributed by atoms with Crippen LogP contribution in [0.3, 0.4) is 0 Å². The fraction of sp³-hybridized carbons (Fsp3) is 0.545. The monoisotopic (exact) mass is 211 g/mol. The Labute approximate surface area is 89.3 Å². The minimum atomic E-state index is -0.840. The van der Waals surface area contributed by atoms with Gasteiger partial charge in [0.2, 0.25) is 0 Å². The van der Waals surface area contributed by atoms with Gasteiger partial charge in [-0.2, -0.15) is 0 Å². The fourth-order valence-corrected chi connectivity index (χ4v) is 1.55. The van der Waals surface area contributed by atoms with Gasteiger partial charge in [-0.25, -0.2) is 0 Å². The summed E-state index contributed by atoms with van der Waals surface area (Å²) in [6.45, 7) is 4.18. The van der Waals surface area contributed by atoms with Crippen LogP contribution in [0.4, 0.5) is 0 Å². The molecular weight excluding hydrogens is 194 g/mol. The molecule has 0 aliphatic heterocycles. The van der Waals surface area contributed by atoms with Crippen LogP contribution in [0.15, 0.2) is 22.8 Å². The molecule has 15 heavy (non-hydrogen) atoms. The fourth-order valence-electron chi connectivity index (χ4n) is 1.55. The molecule has 0 aliphatic carbocycles. The smallest absolute Gasteiger partial charge is 0.323 e. The summed E-state index contributed by atoms with van der Waals surface area (Å²) in [5.41, 5.74) is -0.840. The van der Waals surface area contributed by atoms with E-state index in [-0.39, 0.29) is 0 Å². The van der Waals surface area contributed by atoms with Crippen LogP contribution in [-0.2, 0) is 11.3 Å². The first-order valence-electron chi connectivity index (χ1n) is 5.15. The standard InChI is InChI=1S/C11H17NO3/c1-3-11(4-2,10(13)14)12-8-9-6-5-7-15-9/h5-7,12H,3-4,8H2,1-2H3,(H,13,14). The molecule has 0 unspecified atom stereocenters. The van der Waals surface area contributed by atoms with Crippen molar-refractivity contribution >= 4 is 5.97 Å². The zero-order valence-electron chi connectivity index (χ0n) is 9.12. The van der Waals surface area contributed by atoms with Crippen LogP contribution in [0.5, 0.6) is 0 Å². The second-order valence-corrected chi connectivity index (χ2v) is 3.53. The molecule has 0 amide bonds. The zero-order valence-corrected chi connectivity index (χ0v) is 9.12. The van der Waals surface area contributed by atoms with Crippen LogP contribution < -0.4 is 5.32 Å². The lowest BCUT2D eigenvalue weighted by molar-refractivity contribution is -0.145. The van der Waals surface area contributed by atoms with E-state index in [2.05, 4.69) is 5.32 Å². The molecule has 1 aromatic heterocycles. The molecule has 0 saturated heterocycles. The van der Waals surface area contributed by atoms with Gasteiger partial charge in [0.25, 0.3) is 0 Å². The van der Waals surface area contributed by atoms with Gasteiger partial charge in [-0.1, -0.05) is 13.8 Å². The molecule has 4 nitrogen and oxygen atoms in total. The highest BCUT2D eigenvalue weighted by Gasteiger charge is 2.34. The minimum absolute atomic E-state index is 0.445. The van der Waals surface area contributed by atoms with Crippen LogP contribution in [0.25, 0.3) is 0 Å². The Bertz CT molecular complexity index is 302. The molecule has 1 aromatic rings. The molecule has 0 aromatic carbocycles. The van der Waals surface area contributed by atoms with E-state index in [1.165, 1.54) is 0 Å². The number of aliphatic carboxylic acids is 1. The third kappa shape index (κ3) is 2.59. The predicted octanol–water partition coefficient (Wildman–Crippen LogP) is 2.01. The summed E-state index contributed by atoms with van der Waals surface area (Å²) in [6.07, 6.45) is 2.69. The molecule has 4 heteroatoms. The summed E-state index contributed by atoms with van der Waals surface area (Å²) in [5, 5.41) is 12.2. The van der Waals surface area contributed by atoms with E-state index in [0.29, 0.717) is 19.4 Å². The second-order valence-electron chi connectivity index (χ2n) is 3.53. The van der Waals surface area contributed by atoms with Crippen LogP contribution >= 0.6 is 0 Å². The number of carboxylic acids is 1. The topological polar surface area (TPSA) is 62.5 Å². The van der Waals surface area contributed by atoms with Crippen molar-refractivity contribution in [1.82, 2.24) is 5.32 Å². The number of carboxylic acid groups (broad SMARTS) is 1. The van der Waals surface area contributed by atoms with E-state index in [0.717, 1.165) is 5.76 Å². The number of carbonyl (C=O) groups is 1. The third-order valence-corrected chi connectivity index (χ3v) is 2.80. The SMILES string of the molecule is CCC(CC)(NCc1ccco1)C(=O)O. The Morgan fingerprint density at radius 1 is 1.53 bits per heavy atom. The lowest BCUT2D eigenvalue weighted by Gasteiger charge is -2.27. The van der Waals surface area contributed by atoms with Crippen molar-refractivity contribution in [3.8, 4) is 0 Å². The molecular formula is C11H17NO3. The van der Waals surface area contributed by atoms with Gasteiger partial charge < -0.3 is 9.52 Å². The Hall–Kier alpha value is -1.29. The van der Waals surface area contributed by atoms with Crippen molar-refractivity contribution < 1.29 is 14.3 Å². The quantitative estimate of drug-likeness (QED) is 0.755. The summed E-state index contributed by atoms with van der Waals surface area (Å²) < 4.78 is 5.14. The van der Waals surface area contributed by atoms with Gasteiger partial charge in [0.05, 0.1) is 12.8 Å². The average molecular weight is 211 g/mol. The van der Waals surface area contributed by atoms with Crippen molar-refractivity contribution in [2.75, 3.05) is 0 Å². The van der Waals surface area contributed by atoms with E-state index in [1.54, 1.807) is 12.3 Å². The van der Waals surface area contributed by atoms with Gasteiger partial charge in [-0.05, 0) is 25.0 Å². The molecule has 1 rings (SSSR count). The summed E-state index contributed by atoms with van der Waals surface area (Å²) >= 11 is 0. The Balaban J connectivity index is 2.63. The molecule has 0 saturated carbocycles. The maximum atomic E-state index is 11.1. The third-order valence-electron chi connectivity index (χ3n) is 2.80. The Kier molecular flexibility index (Phi) is 3.91. The van der Waals surface area contributed by atoms with Crippen molar-refractivity contribution in [3.63, 3.8) is 0 Å². The van der Waals surface area contributed by atoms with Crippen molar-refractivity contribution in [1.29, 1.82) is 0 Å². The van der Waals surface area contributed by atoms with E-state index in [9.17, 15) is 4.79 Å². The molecule has 0 atom stereocenters. The lowest BCUT2D eigenvalue weighted by Crippen LogP contribution is -2.50. The molecule has 0 spiro atoms. The number of furan rings is 1. The molecule has 1 heterocycles. The molecule has 0 radical (unpaired) electrons. The van der Waals surface area contributed by atoms with Crippen molar-refractivity contribution in [2.24, 2.45) is 0 Å². The van der Waals surface area contributed by atoms with E-state index in [4.69, 9.17) is 9.52 Å². The Morgan fingerprint density at radius 2 is 2.20 bits per heavy atom. The second kappa shape index (κ2) is 4.98. The zero-order chi connectivity index (χ0) is 11.3. The highest BCUT2D eigenvalue weighted by molar-refractivity contribution is 5.78. The van der Waals surface area contributed by atoms with Crippen LogP contribution in [-0.4, -0.2) is 16.6 Å². The summed E-state index contributed by atoms with van der Waals surface area (Å²) in [5.74, 6) is -0.0541. The van der Waals surface area contributed by atoms with Crippen LogP contribution in [0, 0.1) is 0 Å². The minimum Gasteiger partial charge on any atom is -0.480 e. The van der Waals surface area contributed by atoms with E-state index in [1.807, 2.05) is 19.9 Å². The molecule has 0 fully saturated rings. The maximum absolute atomic E-state index is 11.1. The molecule has 0 bridgehead atoms. The first-order chi connectivity index (χ1) is 7.14. The van der Waals surface area contributed by atoms with Crippen LogP contribution in [0.1, 0.15) is 32.4 Å². The van der Waals surface area contributed by atoms with E-state index < -0.39 is 11.5 Å². The largest absolute Gasteiger partial charge is 0.480 e. The van der Waals surface area contributed by atoms with Gasteiger partial charge in [-0.15, -0.1) is 0 Å². The molecule has 84 valence electrons. The van der Waals surface area contributed by atoms with Gasteiger partial charge in [0, 0.05) is 0 Å². The summed E-state index contributed by atoms with van der Waals surface area (Å²) in [4.78, 5) is 11.1. The number of rotatable bonds is 6. The first-order valence-corrected chi connectivity index (χ1v) is 5.15. The van der Waals surface area contributed by atoms with Crippen molar-refractivity contribution in [2.45, 2.75) is 38.8 Å². The normalized spacial score (nSPS) is 11.6. The van der Waals surface area contributed by atoms with Gasteiger partial charge >= 0.3 is 5.97 Å². The van der Waals surface area contributed by atoms with Crippen molar-refractivity contribution in [3.05, 3.63) is 24.2 Å². The Morgan fingerprint density at radius 3 is 2.60 bits per heavy atom. The lowest BCUT2D eigenvalue weighted by atomic mass is 9.93.